The number of rotatable bonds is 2. The van der Waals surface area contributed by atoms with Crippen LogP contribution in [0.15, 0.2) is 4.42 Å². The van der Waals surface area contributed by atoms with E-state index in [1.54, 1.807) is 23.9 Å². The number of amides is 2. The highest BCUT2D eigenvalue weighted by Crippen LogP contribution is 2.25. The molecule has 1 aromatic rings. The highest BCUT2D eigenvalue weighted by molar-refractivity contribution is 5.97. The predicted octanol–water partition coefficient (Wildman–Crippen LogP) is 2.15. The fourth-order valence-electron chi connectivity index (χ4n) is 2.99. The number of hydrogen-bond donors (Lipinski definition) is 0. The predicted molar refractivity (Wildman–Crippen MR) is 80.2 cm³/mol. The summed E-state index contributed by atoms with van der Waals surface area (Å²) in [5, 5.41) is 0. The normalized spacial score (nSPS) is 18.7. The van der Waals surface area contributed by atoms with E-state index in [9.17, 15) is 9.59 Å². The van der Waals surface area contributed by atoms with Crippen molar-refractivity contribution in [2.24, 2.45) is 5.92 Å². The van der Waals surface area contributed by atoms with Gasteiger partial charge in [0.15, 0.2) is 0 Å². The molecule has 0 radical (unpaired) electrons. The van der Waals surface area contributed by atoms with Gasteiger partial charge in [0.05, 0.1) is 11.5 Å². The Labute approximate surface area is 125 Å². The summed E-state index contributed by atoms with van der Waals surface area (Å²) >= 11 is 0. The molecule has 5 nitrogen and oxygen atoms in total. The number of piperidine rings is 1. The summed E-state index contributed by atoms with van der Waals surface area (Å²) in [7, 11) is 3.52. The Hall–Kier alpha value is -1.78. The Morgan fingerprint density at radius 3 is 2.38 bits per heavy atom. The van der Waals surface area contributed by atoms with Gasteiger partial charge in [-0.05, 0) is 33.6 Å². The largest absolute Gasteiger partial charge is 0.466 e. The van der Waals surface area contributed by atoms with Crippen molar-refractivity contribution in [2.45, 2.75) is 33.6 Å². The Morgan fingerprint density at radius 1 is 1.19 bits per heavy atom. The van der Waals surface area contributed by atoms with Crippen LogP contribution in [0.1, 0.15) is 40.3 Å². The van der Waals surface area contributed by atoms with E-state index in [2.05, 4.69) is 0 Å². The maximum Gasteiger partial charge on any atom is 0.257 e. The third kappa shape index (κ3) is 2.96. The molecule has 21 heavy (non-hydrogen) atoms. The molecule has 1 unspecified atom stereocenters. The average Bonchev–Trinajstić information content (AvgIpc) is 2.70. The molecule has 0 aliphatic carbocycles. The monoisotopic (exact) mass is 292 g/mol. The van der Waals surface area contributed by atoms with E-state index < -0.39 is 0 Å². The van der Waals surface area contributed by atoms with Gasteiger partial charge in [0.1, 0.15) is 11.5 Å². The van der Waals surface area contributed by atoms with Crippen molar-refractivity contribution in [2.75, 3.05) is 27.2 Å². The topological polar surface area (TPSA) is 53.8 Å². The SMILES string of the molecule is Cc1oc(C)c(C(=O)N2CCCC(C(=O)N(C)C)C2)c1C. The minimum absolute atomic E-state index is 0.0156. The molecule has 0 bridgehead atoms. The molecular formula is C16H24N2O3. The van der Waals surface area contributed by atoms with Gasteiger partial charge in [0.2, 0.25) is 5.91 Å². The standard InChI is InChI=1S/C16H24N2O3/c1-10-11(2)21-12(3)14(10)16(20)18-8-6-7-13(9-18)15(19)17(4)5/h13H,6-9H2,1-5H3. The summed E-state index contributed by atoms with van der Waals surface area (Å²) in [6, 6.07) is 0. The molecule has 1 aliphatic rings. The van der Waals surface area contributed by atoms with Crippen molar-refractivity contribution in [1.29, 1.82) is 0 Å². The van der Waals surface area contributed by atoms with Crippen LogP contribution in [0.25, 0.3) is 0 Å². The van der Waals surface area contributed by atoms with Gasteiger partial charge in [-0.25, -0.2) is 0 Å². The van der Waals surface area contributed by atoms with Gasteiger partial charge in [-0.3, -0.25) is 9.59 Å². The lowest BCUT2D eigenvalue weighted by atomic mass is 9.95. The molecule has 0 N–H and O–H groups in total. The van der Waals surface area contributed by atoms with Crippen LogP contribution in [0, 0.1) is 26.7 Å². The second kappa shape index (κ2) is 5.92. The van der Waals surface area contributed by atoms with Crippen LogP contribution in [0.2, 0.25) is 0 Å². The first-order valence-electron chi connectivity index (χ1n) is 7.40. The first-order chi connectivity index (χ1) is 9.82. The fourth-order valence-corrected chi connectivity index (χ4v) is 2.99. The van der Waals surface area contributed by atoms with Crippen molar-refractivity contribution in [1.82, 2.24) is 9.80 Å². The smallest absolute Gasteiger partial charge is 0.257 e. The van der Waals surface area contributed by atoms with E-state index in [0.717, 1.165) is 24.2 Å². The van der Waals surface area contributed by atoms with Crippen LogP contribution in [0.3, 0.4) is 0 Å². The molecule has 0 saturated carbocycles. The van der Waals surface area contributed by atoms with E-state index in [4.69, 9.17) is 4.42 Å². The summed E-state index contributed by atoms with van der Waals surface area (Å²) in [6.07, 6.45) is 1.72. The lowest BCUT2D eigenvalue weighted by Gasteiger charge is -2.33. The van der Waals surface area contributed by atoms with E-state index in [1.165, 1.54) is 0 Å². The summed E-state index contributed by atoms with van der Waals surface area (Å²) < 4.78 is 5.55. The van der Waals surface area contributed by atoms with Gasteiger partial charge in [0, 0.05) is 32.7 Å². The Balaban J connectivity index is 2.18. The zero-order chi connectivity index (χ0) is 15.7. The lowest BCUT2D eigenvalue weighted by Crippen LogP contribution is -2.45. The van der Waals surface area contributed by atoms with E-state index in [0.29, 0.717) is 24.4 Å². The highest BCUT2D eigenvalue weighted by atomic mass is 16.3. The number of likely N-dealkylation sites (tertiary alicyclic amines) is 1. The second-order valence-electron chi connectivity index (χ2n) is 6.04. The van der Waals surface area contributed by atoms with Gasteiger partial charge < -0.3 is 14.2 Å². The number of aryl methyl sites for hydroxylation is 2. The zero-order valence-corrected chi connectivity index (χ0v) is 13.5. The third-order valence-electron chi connectivity index (χ3n) is 4.27. The Morgan fingerprint density at radius 2 is 1.86 bits per heavy atom. The molecule has 1 fully saturated rings. The zero-order valence-electron chi connectivity index (χ0n) is 13.5. The summed E-state index contributed by atoms with van der Waals surface area (Å²) in [6.45, 7) is 6.80. The van der Waals surface area contributed by atoms with Gasteiger partial charge in [-0.2, -0.15) is 0 Å². The van der Waals surface area contributed by atoms with Crippen LogP contribution >= 0.6 is 0 Å². The summed E-state index contributed by atoms with van der Waals surface area (Å²) in [5.74, 6) is 1.44. The molecule has 116 valence electrons. The van der Waals surface area contributed by atoms with Crippen LogP contribution in [0.4, 0.5) is 0 Å². The number of nitrogens with zero attached hydrogens (tertiary/aromatic N) is 2. The Kier molecular flexibility index (Phi) is 4.40. The van der Waals surface area contributed by atoms with Crippen molar-refractivity contribution in [3.8, 4) is 0 Å². The maximum absolute atomic E-state index is 12.7. The molecule has 5 heteroatoms. The van der Waals surface area contributed by atoms with Crippen LogP contribution in [0.5, 0.6) is 0 Å². The molecule has 1 aromatic heterocycles. The molecule has 0 aromatic carbocycles. The number of carbonyl (C=O) groups excluding carboxylic acids is 2. The molecule has 2 rings (SSSR count). The van der Waals surface area contributed by atoms with Crippen molar-refractivity contribution >= 4 is 11.8 Å². The van der Waals surface area contributed by atoms with Gasteiger partial charge in [0.25, 0.3) is 5.91 Å². The molecular weight excluding hydrogens is 268 g/mol. The molecule has 1 saturated heterocycles. The second-order valence-corrected chi connectivity index (χ2v) is 6.04. The van der Waals surface area contributed by atoms with Crippen molar-refractivity contribution < 1.29 is 14.0 Å². The number of furan rings is 1. The summed E-state index contributed by atoms with van der Waals surface area (Å²) in [5.41, 5.74) is 1.56. The Bertz CT molecular complexity index is 560. The minimum Gasteiger partial charge on any atom is -0.466 e. The average molecular weight is 292 g/mol. The molecule has 2 amide bonds. The molecule has 1 atom stereocenters. The summed E-state index contributed by atoms with van der Waals surface area (Å²) in [4.78, 5) is 28.2. The third-order valence-corrected chi connectivity index (χ3v) is 4.27. The van der Waals surface area contributed by atoms with Crippen molar-refractivity contribution in [3.63, 3.8) is 0 Å². The van der Waals surface area contributed by atoms with Crippen LogP contribution in [-0.2, 0) is 4.79 Å². The quantitative estimate of drug-likeness (QED) is 0.839. The van der Waals surface area contributed by atoms with Crippen LogP contribution < -0.4 is 0 Å². The lowest BCUT2D eigenvalue weighted by molar-refractivity contribution is -0.134. The first kappa shape index (κ1) is 15.6. The van der Waals surface area contributed by atoms with Crippen LogP contribution in [-0.4, -0.2) is 48.8 Å². The molecule has 1 aliphatic heterocycles. The fraction of sp³-hybridized carbons (Fsp3) is 0.625. The highest BCUT2D eigenvalue weighted by Gasteiger charge is 2.31. The van der Waals surface area contributed by atoms with Gasteiger partial charge >= 0.3 is 0 Å². The van der Waals surface area contributed by atoms with Crippen molar-refractivity contribution in [3.05, 3.63) is 22.6 Å². The van der Waals surface area contributed by atoms with E-state index >= 15 is 0 Å². The van der Waals surface area contributed by atoms with Gasteiger partial charge in [-0.15, -0.1) is 0 Å². The number of hydrogen-bond acceptors (Lipinski definition) is 3. The number of carbonyl (C=O) groups is 2. The molecule has 0 spiro atoms. The van der Waals surface area contributed by atoms with Gasteiger partial charge in [-0.1, -0.05) is 0 Å². The molecule has 2 heterocycles. The first-order valence-corrected chi connectivity index (χ1v) is 7.40. The maximum atomic E-state index is 12.7. The van der Waals surface area contributed by atoms with E-state index in [-0.39, 0.29) is 17.7 Å². The van der Waals surface area contributed by atoms with E-state index in [1.807, 2.05) is 20.8 Å². The minimum atomic E-state index is -0.0914.